The van der Waals surface area contributed by atoms with Crippen LogP contribution in [0.15, 0.2) is 16.6 Å². The van der Waals surface area contributed by atoms with E-state index in [4.69, 9.17) is 9.47 Å². The first kappa shape index (κ1) is 16.2. The van der Waals surface area contributed by atoms with Gasteiger partial charge in [0, 0.05) is 12.1 Å². The number of rotatable bonds is 3. The van der Waals surface area contributed by atoms with Crippen LogP contribution in [0.2, 0.25) is 0 Å². The van der Waals surface area contributed by atoms with Crippen LogP contribution in [0.25, 0.3) is 0 Å². The number of halogens is 1. The monoisotopic (exact) mass is 346 g/mol. The SMILES string of the molecule is COc1cc(Br)c([N+](=O)[O-])cc1NC(=O)OC(C)(C)C. The third-order valence-corrected chi connectivity index (χ3v) is 2.74. The molecule has 1 amide bonds. The van der Waals surface area contributed by atoms with E-state index in [1.165, 1.54) is 19.2 Å². The number of amides is 1. The van der Waals surface area contributed by atoms with Crippen LogP contribution in [-0.4, -0.2) is 23.7 Å². The van der Waals surface area contributed by atoms with Crippen LogP contribution in [-0.2, 0) is 4.74 Å². The van der Waals surface area contributed by atoms with E-state index in [0.717, 1.165) is 0 Å². The van der Waals surface area contributed by atoms with Gasteiger partial charge in [0.2, 0.25) is 0 Å². The second kappa shape index (κ2) is 6.08. The molecule has 8 heteroatoms. The van der Waals surface area contributed by atoms with Crippen LogP contribution in [0.5, 0.6) is 5.75 Å². The van der Waals surface area contributed by atoms with Crippen LogP contribution < -0.4 is 10.1 Å². The summed E-state index contributed by atoms with van der Waals surface area (Å²) in [5, 5.41) is 13.3. The largest absolute Gasteiger partial charge is 0.495 e. The van der Waals surface area contributed by atoms with Crippen molar-refractivity contribution in [3.8, 4) is 5.75 Å². The van der Waals surface area contributed by atoms with Crippen molar-refractivity contribution < 1.29 is 19.2 Å². The van der Waals surface area contributed by atoms with Crippen LogP contribution in [0.3, 0.4) is 0 Å². The molecule has 0 aliphatic carbocycles. The minimum Gasteiger partial charge on any atom is -0.495 e. The maximum Gasteiger partial charge on any atom is 0.412 e. The Morgan fingerprint density at radius 1 is 1.40 bits per heavy atom. The van der Waals surface area contributed by atoms with Gasteiger partial charge in [0.1, 0.15) is 11.4 Å². The Kier molecular flexibility index (Phi) is 4.93. The molecule has 0 saturated heterocycles. The molecule has 0 radical (unpaired) electrons. The first-order valence-corrected chi connectivity index (χ1v) is 6.45. The number of benzene rings is 1. The number of ether oxygens (including phenoxy) is 2. The number of anilines is 1. The molecule has 1 aromatic rings. The van der Waals surface area contributed by atoms with Gasteiger partial charge in [-0.25, -0.2) is 4.79 Å². The van der Waals surface area contributed by atoms with E-state index in [0.29, 0.717) is 0 Å². The molecule has 7 nitrogen and oxygen atoms in total. The van der Waals surface area contributed by atoms with Crippen molar-refractivity contribution in [2.24, 2.45) is 0 Å². The smallest absolute Gasteiger partial charge is 0.412 e. The van der Waals surface area contributed by atoms with Gasteiger partial charge >= 0.3 is 6.09 Å². The number of nitrogens with one attached hydrogen (secondary N) is 1. The van der Waals surface area contributed by atoms with Crippen LogP contribution in [0.1, 0.15) is 20.8 Å². The van der Waals surface area contributed by atoms with E-state index in [2.05, 4.69) is 21.2 Å². The van der Waals surface area contributed by atoms with Crippen LogP contribution in [0, 0.1) is 10.1 Å². The number of carbonyl (C=O) groups excluding carboxylic acids is 1. The Bertz CT molecular complexity index is 539. The molecule has 0 aliphatic rings. The molecule has 0 aromatic heterocycles. The summed E-state index contributed by atoms with van der Waals surface area (Å²) in [5.41, 5.74) is -0.688. The zero-order valence-corrected chi connectivity index (χ0v) is 13.1. The van der Waals surface area contributed by atoms with Gasteiger partial charge in [-0.2, -0.15) is 0 Å². The molecule has 0 fully saturated rings. The Balaban J connectivity index is 3.07. The van der Waals surface area contributed by atoms with E-state index < -0.39 is 16.6 Å². The second-order valence-corrected chi connectivity index (χ2v) is 5.74. The molecule has 1 N–H and O–H groups in total. The van der Waals surface area contributed by atoms with Crippen molar-refractivity contribution in [2.75, 3.05) is 12.4 Å². The van der Waals surface area contributed by atoms with Gasteiger partial charge in [-0.3, -0.25) is 15.4 Å². The zero-order chi connectivity index (χ0) is 15.5. The van der Waals surface area contributed by atoms with E-state index >= 15 is 0 Å². The Morgan fingerprint density at radius 2 is 2.00 bits per heavy atom. The fourth-order valence-corrected chi connectivity index (χ4v) is 1.83. The van der Waals surface area contributed by atoms with Crippen molar-refractivity contribution in [1.82, 2.24) is 0 Å². The lowest BCUT2D eigenvalue weighted by Gasteiger charge is -2.20. The highest BCUT2D eigenvalue weighted by molar-refractivity contribution is 9.10. The average Bonchev–Trinajstić information content (AvgIpc) is 2.27. The normalized spacial score (nSPS) is 10.8. The molecule has 110 valence electrons. The predicted octanol–water partition coefficient (Wildman–Crippen LogP) is 3.71. The summed E-state index contributed by atoms with van der Waals surface area (Å²) in [4.78, 5) is 22.0. The summed E-state index contributed by atoms with van der Waals surface area (Å²) >= 11 is 3.07. The Morgan fingerprint density at radius 3 is 2.45 bits per heavy atom. The van der Waals surface area contributed by atoms with Gasteiger partial charge in [-0.15, -0.1) is 0 Å². The number of hydrogen-bond donors (Lipinski definition) is 1. The lowest BCUT2D eigenvalue weighted by atomic mass is 10.2. The molecule has 0 atom stereocenters. The maximum atomic E-state index is 11.7. The molecule has 0 aliphatic heterocycles. The maximum absolute atomic E-state index is 11.7. The minimum absolute atomic E-state index is 0.164. The van der Waals surface area contributed by atoms with Crippen molar-refractivity contribution in [2.45, 2.75) is 26.4 Å². The van der Waals surface area contributed by atoms with E-state index in [1.54, 1.807) is 20.8 Å². The van der Waals surface area contributed by atoms with E-state index in [9.17, 15) is 14.9 Å². The second-order valence-electron chi connectivity index (χ2n) is 4.89. The lowest BCUT2D eigenvalue weighted by molar-refractivity contribution is -0.385. The molecule has 0 heterocycles. The predicted molar refractivity (Wildman–Crippen MR) is 77.2 cm³/mol. The molecular weight excluding hydrogens is 332 g/mol. The summed E-state index contributed by atoms with van der Waals surface area (Å²) in [6.07, 6.45) is -0.715. The molecule has 0 bridgehead atoms. The van der Waals surface area contributed by atoms with Gasteiger partial charge in [-0.05, 0) is 36.7 Å². The number of nitrogens with zero attached hydrogens (tertiary/aromatic N) is 1. The van der Waals surface area contributed by atoms with Gasteiger partial charge < -0.3 is 9.47 Å². The van der Waals surface area contributed by atoms with Crippen molar-refractivity contribution in [3.63, 3.8) is 0 Å². The minimum atomic E-state index is -0.715. The summed E-state index contributed by atoms with van der Waals surface area (Å²) in [6, 6.07) is 2.61. The molecule has 20 heavy (non-hydrogen) atoms. The standard InChI is InChI=1S/C12H15BrN2O5/c1-12(2,3)20-11(16)14-8-6-9(15(17)18)7(13)5-10(8)19-4/h5-6H,1-4H3,(H,14,16). The number of carbonyl (C=O) groups is 1. The summed E-state index contributed by atoms with van der Waals surface area (Å²) in [6.45, 7) is 5.15. The fourth-order valence-electron chi connectivity index (χ4n) is 1.36. The van der Waals surface area contributed by atoms with Gasteiger partial charge in [0.05, 0.1) is 22.2 Å². The first-order chi connectivity index (χ1) is 9.14. The Labute approximate surface area is 124 Å². The van der Waals surface area contributed by atoms with Crippen molar-refractivity contribution in [1.29, 1.82) is 0 Å². The number of hydrogen-bond acceptors (Lipinski definition) is 5. The lowest BCUT2D eigenvalue weighted by Crippen LogP contribution is -2.27. The number of nitro benzene ring substituents is 1. The molecule has 0 saturated carbocycles. The topological polar surface area (TPSA) is 90.7 Å². The summed E-state index contributed by atoms with van der Waals surface area (Å²) in [7, 11) is 1.40. The quantitative estimate of drug-likeness (QED) is 0.665. The molecule has 0 unspecified atom stereocenters. The van der Waals surface area contributed by atoms with Crippen LogP contribution >= 0.6 is 15.9 Å². The molecular formula is C12H15BrN2O5. The number of methoxy groups -OCH3 is 1. The van der Waals surface area contributed by atoms with Crippen molar-refractivity contribution in [3.05, 3.63) is 26.7 Å². The number of nitro groups is 1. The summed E-state index contributed by atoms with van der Waals surface area (Å²) < 4.78 is 10.4. The highest BCUT2D eigenvalue weighted by atomic mass is 79.9. The highest BCUT2D eigenvalue weighted by Crippen LogP contribution is 2.36. The van der Waals surface area contributed by atoms with Gasteiger partial charge in [-0.1, -0.05) is 0 Å². The fraction of sp³-hybridized carbons (Fsp3) is 0.417. The van der Waals surface area contributed by atoms with Crippen LogP contribution in [0.4, 0.5) is 16.2 Å². The van der Waals surface area contributed by atoms with Gasteiger partial charge in [0.25, 0.3) is 5.69 Å². The molecule has 1 aromatic carbocycles. The first-order valence-electron chi connectivity index (χ1n) is 5.66. The third-order valence-electron chi connectivity index (χ3n) is 2.10. The third kappa shape index (κ3) is 4.37. The highest BCUT2D eigenvalue weighted by Gasteiger charge is 2.21. The summed E-state index contributed by atoms with van der Waals surface area (Å²) in [5.74, 6) is 0.285. The molecule has 1 rings (SSSR count). The van der Waals surface area contributed by atoms with Gasteiger partial charge in [0.15, 0.2) is 0 Å². The Hall–Kier alpha value is -1.83. The van der Waals surface area contributed by atoms with Crippen molar-refractivity contribution >= 4 is 33.4 Å². The molecule has 0 spiro atoms. The van der Waals surface area contributed by atoms with E-state index in [1.807, 2.05) is 0 Å². The van der Waals surface area contributed by atoms with E-state index in [-0.39, 0.29) is 21.6 Å². The average molecular weight is 347 g/mol. The zero-order valence-electron chi connectivity index (χ0n) is 11.5.